The number of alkyl carbamates (subject to hydrolysis) is 1. The summed E-state index contributed by atoms with van der Waals surface area (Å²) in [4.78, 5) is 49.7. The highest BCUT2D eigenvalue weighted by Crippen LogP contribution is 2.06. The maximum atomic E-state index is 12.7. The van der Waals surface area contributed by atoms with Gasteiger partial charge in [-0.3, -0.25) is 14.4 Å². The Morgan fingerprint density at radius 3 is 1.60 bits per heavy atom. The van der Waals surface area contributed by atoms with Gasteiger partial charge in [-0.15, -0.1) is 12.8 Å². The molecule has 0 radical (unpaired) electrons. The van der Waals surface area contributed by atoms with Gasteiger partial charge in [0, 0.05) is 39.0 Å². The molecule has 0 rings (SSSR count). The summed E-state index contributed by atoms with van der Waals surface area (Å²) >= 11 is 0. The number of rotatable bonds is 22. The lowest BCUT2D eigenvalue weighted by Crippen LogP contribution is -2.44. The van der Waals surface area contributed by atoms with E-state index in [2.05, 4.69) is 27.8 Å². The van der Waals surface area contributed by atoms with Crippen molar-refractivity contribution in [3.8, 4) is 24.7 Å². The Morgan fingerprint density at radius 2 is 1.18 bits per heavy atom. The van der Waals surface area contributed by atoms with E-state index in [-0.39, 0.29) is 89.8 Å². The number of ether oxygens (including phenoxy) is 5. The fraction of sp³-hybridized carbons (Fsp3) is 0.704. The summed E-state index contributed by atoms with van der Waals surface area (Å²) in [5.41, 5.74) is -0.698. The highest BCUT2D eigenvalue weighted by atomic mass is 16.6. The third-order valence-electron chi connectivity index (χ3n) is 4.60. The zero-order valence-electron chi connectivity index (χ0n) is 23.9. The Morgan fingerprint density at radius 1 is 0.700 bits per heavy atom. The maximum Gasteiger partial charge on any atom is 0.408 e. The Balaban J connectivity index is 4.43. The summed E-state index contributed by atoms with van der Waals surface area (Å²) in [5, 5.41) is 7.80. The summed E-state index contributed by atoms with van der Waals surface area (Å²) in [7, 11) is 0. The van der Waals surface area contributed by atoms with E-state index >= 15 is 0 Å². The lowest BCUT2D eigenvalue weighted by atomic mass is 10.2. The van der Waals surface area contributed by atoms with Crippen LogP contribution in [-0.2, 0) is 38.1 Å². The zero-order chi connectivity index (χ0) is 30.1. The second-order valence-electron chi connectivity index (χ2n) is 9.17. The van der Waals surface area contributed by atoms with Gasteiger partial charge in [-0.05, 0) is 20.8 Å². The van der Waals surface area contributed by atoms with Gasteiger partial charge in [0.25, 0.3) is 0 Å². The second-order valence-corrected chi connectivity index (χ2v) is 9.17. The molecule has 0 aliphatic rings. The predicted molar refractivity (Wildman–Crippen MR) is 147 cm³/mol. The second kappa shape index (κ2) is 23.5. The molecule has 0 aliphatic heterocycles. The minimum Gasteiger partial charge on any atom is -0.444 e. The van der Waals surface area contributed by atoms with E-state index in [0.29, 0.717) is 26.3 Å². The molecule has 0 bridgehead atoms. The van der Waals surface area contributed by atoms with E-state index in [0.717, 1.165) is 0 Å². The van der Waals surface area contributed by atoms with Crippen LogP contribution in [0.2, 0.25) is 0 Å². The van der Waals surface area contributed by atoms with Gasteiger partial charge in [-0.1, -0.05) is 11.8 Å². The molecule has 13 nitrogen and oxygen atoms in total. The van der Waals surface area contributed by atoms with Crippen LogP contribution in [-0.4, -0.2) is 120 Å². The molecule has 0 aromatic rings. The summed E-state index contributed by atoms with van der Waals surface area (Å²) < 4.78 is 26.3. The van der Waals surface area contributed by atoms with E-state index in [1.807, 2.05) is 0 Å². The van der Waals surface area contributed by atoms with Crippen molar-refractivity contribution in [1.82, 2.24) is 20.9 Å². The van der Waals surface area contributed by atoms with Crippen molar-refractivity contribution in [2.75, 3.05) is 85.6 Å². The first kappa shape index (κ1) is 36.6. The van der Waals surface area contributed by atoms with Gasteiger partial charge in [0.1, 0.15) is 25.4 Å². The lowest BCUT2D eigenvalue weighted by Gasteiger charge is -2.24. The number of nitrogens with one attached hydrogen (secondary N) is 3. The third kappa shape index (κ3) is 23.7. The van der Waals surface area contributed by atoms with Gasteiger partial charge in [0.05, 0.1) is 39.6 Å². The maximum absolute atomic E-state index is 12.7. The number of carbonyl (C=O) groups is 4. The van der Waals surface area contributed by atoms with Gasteiger partial charge in [-0.2, -0.15) is 0 Å². The van der Waals surface area contributed by atoms with Crippen molar-refractivity contribution in [3.63, 3.8) is 0 Å². The molecule has 13 heteroatoms. The molecular weight excluding hydrogens is 524 g/mol. The molecule has 0 aromatic carbocycles. The van der Waals surface area contributed by atoms with Crippen LogP contribution in [0.3, 0.4) is 0 Å². The average molecular weight is 569 g/mol. The fourth-order valence-corrected chi connectivity index (χ4v) is 2.78. The highest BCUT2D eigenvalue weighted by Gasteiger charge is 2.19. The smallest absolute Gasteiger partial charge is 0.408 e. The molecule has 4 amide bonds. The van der Waals surface area contributed by atoms with Crippen LogP contribution in [0, 0.1) is 24.7 Å². The molecule has 0 aliphatic carbocycles. The standard InChI is InChI=1S/C27H44N4O9/c1-6-14-36-18-10-28-23(32)8-16-38-20-12-31(25(34)22-30-26(35)40-27(3,4)5)13-21-39-17-9-24(33)29-11-19-37-15-7-2/h1-2H,8-22H2,3-5H3,(H,28,32)(H,29,33)(H,30,35). The van der Waals surface area contributed by atoms with Gasteiger partial charge < -0.3 is 44.5 Å². The Bertz CT molecular complexity index is 785. The molecule has 226 valence electrons. The number of carbonyl (C=O) groups excluding carboxylic acids is 4. The first-order valence-electron chi connectivity index (χ1n) is 13.0. The highest BCUT2D eigenvalue weighted by molar-refractivity contribution is 5.82. The van der Waals surface area contributed by atoms with Gasteiger partial charge in [0.15, 0.2) is 0 Å². The molecule has 0 spiro atoms. The number of hydrogen-bond acceptors (Lipinski definition) is 9. The van der Waals surface area contributed by atoms with Crippen molar-refractivity contribution >= 4 is 23.8 Å². The van der Waals surface area contributed by atoms with Gasteiger partial charge >= 0.3 is 6.09 Å². The molecule has 40 heavy (non-hydrogen) atoms. The van der Waals surface area contributed by atoms with Crippen molar-refractivity contribution in [2.45, 2.75) is 39.2 Å². The van der Waals surface area contributed by atoms with E-state index < -0.39 is 11.7 Å². The van der Waals surface area contributed by atoms with Crippen molar-refractivity contribution in [1.29, 1.82) is 0 Å². The molecule has 0 saturated heterocycles. The van der Waals surface area contributed by atoms with Crippen LogP contribution in [0.5, 0.6) is 0 Å². The molecule has 0 aromatic heterocycles. The summed E-state index contributed by atoms with van der Waals surface area (Å²) in [5.74, 6) is 3.91. The quantitative estimate of drug-likeness (QED) is 0.118. The predicted octanol–water partition coefficient (Wildman–Crippen LogP) is -0.315. The number of amides is 4. The van der Waals surface area contributed by atoms with Crippen LogP contribution in [0.15, 0.2) is 0 Å². The SMILES string of the molecule is C#CCOCCNC(=O)CCOCCN(CCOCCC(=O)NCCOCC#C)C(=O)CNC(=O)OC(C)(C)C. The number of hydrogen-bond donors (Lipinski definition) is 3. The van der Waals surface area contributed by atoms with Crippen molar-refractivity contribution in [2.24, 2.45) is 0 Å². The largest absolute Gasteiger partial charge is 0.444 e. The third-order valence-corrected chi connectivity index (χ3v) is 4.60. The van der Waals surface area contributed by atoms with E-state index in [9.17, 15) is 19.2 Å². The molecule has 0 saturated carbocycles. The van der Waals surface area contributed by atoms with Gasteiger partial charge in [0.2, 0.25) is 17.7 Å². The van der Waals surface area contributed by atoms with E-state index in [1.165, 1.54) is 4.90 Å². The Kier molecular flexibility index (Phi) is 21.5. The van der Waals surface area contributed by atoms with Crippen LogP contribution in [0.4, 0.5) is 4.79 Å². The molecule has 0 fully saturated rings. The number of nitrogens with zero attached hydrogens (tertiary/aromatic N) is 1. The Labute approximate surface area is 237 Å². The summed E-state index contributed by atoms with van der Waals surface area (Å²) in [6.45, 7) is 7.65. The van der Waals surface area contributed by atoms with E-state index in [4.69, 9.17) is 36.5 Å². The fourth-order valence-electron chi connectivity index (χ4n) is 2.78. The normalized spacial score (nSPS) is 10.6. The molecule has 3 N–H and O–H groups in total. The van der Waals surface area contributed by atoms with Gasteiger partial charge in [-0.25, -0.2) is 4.79 Å². The van der Waals surface area contributed by atoms with Crippen LogP contribution >= 0.6 is 0 Å². The molecule has 0 heterocycles. The molecular formula is C27H44N4O9. The zero-order valence-corrected chi connectivity index (χ0v) is 23.9. The van der Waals surface area contributed by atoms with Crippen LogP contribution in [0.1, 0.15) is 33.6 Å². The van der Waals surface area contributed by atoms with Crippen LogP contribution < -0.4 is 16.0 Å². The minimum atomic E-state index is -0.709. The Hall–Kier alpha value is -3.36. The molecule has 0 unspecified atom stereocenters. The van der Waals surface area contributed by atoms with Crippen LogP contribution in [0.25, 0.3) is 0 Å². The molecule has 0 atom stereocenters. The number of terminal acetylenes is 2. The average Bonchev–Trinajstić information content (AvgIpc) is 2.89. The monoisotopic (exact) mass is 568 g/mol. The van der Waals surface area contributed by atoms with E-state index in [1.54, 1.807) is 20.8 Å². The minimum absolute atomic E-state index is 0.143. The van der Waals surface area contributed by atoms with Crippen molar-refractivity contribution < 1.29 is 42.9 Å². The first-order valence-corrected chi connectivity index (χ1v) is 13.0. The van der Waals surface area contributed by atoms with Crippen molar-refractivity contribution in [3.05, 3.63) is 0 Å². The summed E-state index contributed by atoms with van der Waals surface area (Å²) in [6, 6.07) is 0. The summed E-state index contributed by atoms with van der Waals surface area (Å²) in [6.07, 6.45) is 9.73. The first-order chi connectivity index (χ1) is 19.1. The topological polar surface area (TPSA) is 154 Å². The lowest BCUT2D eigenvalue weighted by molar-refractivity contribution is -0.132.